The largest absolute Gasteiger partial charge is 0.358 e. The van der Waals surface area contributed by atoms with E-state index in [9.17, 15) is 4.39 Å². The summed E-state index contributed by atoms with van der Waals surface area (Å²) >= 11 is 0. The molecule has 1 atom stereocenters. The molecule has 0 fully saturated rings. The van der Waals surface area contributed by atoms with Crippen LogP contribution in [0.4, 0.5) is 10.2 Å². The van der Waals surface area contributed by atoms with Crippen LogP contribution in [0, 0.1) is 5.82 Å². The molecule has 4 aromatic rings. The van der Waals surface area contributed by atoms with Gasteiger partial charge in [-0.1, -0.05) is 0 Å². The van der Waals surface area contributed by atoms with Gasteiger partial charge in [0.15, 0.2) is 11.5 Å². The molecule has 0 radical (unpaired) electrons. The number of aromatic amines is 1. The Hall–Kier alpha value is -3.03. The van der Waals surface area contributed by atoms with Crippen LogP contribution in [0.2, 0.25) is 0 Å². The number of benzene rings is 1. The monoisotopic (exact) mass is 351 g/mol. The number of rotatable bonds is 3. The maximum Gasteiger partial charge on any atom is 0.182 e. The third-order valence-electron chi connectivity index (χ3n) is 5.01. The molecule has 1 aliphatic rings. The van der Waals surface area contributed by atoms with Crippen molar-refractivity contribution in [2.75, 3.05) is 5.32 Å². The summed E-state index contributed by atoms with van der Waals surface area (Å²) in [6.07, 6.45) is 5.85. The van der Waals surface area contributed by atoms with E-state index in [1.54, 1.807) is 12.4 Å². The molecular formula is C18H18FN7. The van der Waals surface area contributed by atoms with E-state index < -0.39 is 0 Å². The quantitative estimate of drug-likeness (QED) is 0.591. The van der Waals surface area contributed by atoms with Gasteiger partial charge in [-0.15, -0.1) is 0 Å². The number of hydrogen-bond acceptors (Lipinski definition) is 5. The van der Waals surface area contributed by atoms with Gasteiger partial charge in [0.1, 0.15) is 23.5 Å². The van der Waals surface area contributed by atoms with E-state index in [1.807, 2.05) is 6.92 Å². The molecule has 0 spiro atoms. The van der Waals surface area contributed by atoms with Gasteiger partial charge in [0.2, 0.25) is 0 Å². The number of aryl methyl sites for hydroxylation is 2. The minimum Gasteiger partial charge on any atom is -0.358 e. The van der Waals surface area contributed by atoms with Crippen LogP contribution >= 0.6 is 0 Å². The minimum atomic E-state index is -0.136. The number of fused-ring (bicyclic) bond motifs is 1. The average Bonchev–Trinajstić information content (AvgIpc) is 3.19. The van der Waals surface area contributed by atoms with E-state index in [-0.39, 0.29) is 11.9 Å². The summed E-state index contributed by atoms with van der Waals surface area (Å²) in [7, 11) is 0. The molecule has 26 heavy (non-hydrogen) atoms. The van der Waals surface area contributed by atoms with Gasteiger partial charge >= 0.3 is 0 Å². The second kappa shape index (κ2) is 5.76. The van der Waals surface area contributed by atoms with Crippen molar-refractivity contribution in [1.29, 1.82) is 0 Å². The molecule has 0 saturated carbocycles. The Bertz CT molecular complexity index is 1110. The van der Waals surface area contributed by atoms with Crippen LogP contribution in [-0.4, -0.2) is 29.5 Å². The van der Waals surface area contributed by atoms with Crippen molar-refractivity contribution in [2.45, 2.75) is 38.8 Å². The fraction of sp³-hybridized carbons (Fsp3) is 0.333. The van der Waals surface area contributed by atoms with E-state index in [1.165, 1.54) is 12.4 Å². The number of imidazole rings is 2. The van der Waals surface area contributed by atoms with E-state index in [0.717, 1.165) is 53.7 Å². The molecular weight excluding hydrogens is 333 g/mol. The molecule has 0 saturated heterocycles. The van der Waals surface area contributed by atoms with Crippen LogP contribution in [0.15, 0.2) is 24.8 Å². The van der Waals surface area contributed by atoms with Crippen molar-refractivity contribution < 1.29 is 4.39 Å². The zero-order valence-corrected chi connectivity index (χ0v) is 14.3. The summed E-state index contributed by atoms with van der Waals surface area (Å²) in [6.45, 7) is 2.88. The first-order chi connectivity index (χ1) is 12.7. The Morgan fingerprint density at radius 1 is 1.23 bits per heavy atom. The maximum atomic E-state index is 14.3. The van der Waals surface area contributed by atoms with E-state index >= 15 is 0 Å². The molecule has 132 valence electrons. The molecule has 0 amide bonds. The molecule has 4 heterocycles. The highest BCUT2D eigenvalue weighted by Gasteiger charge is 2.23. The Morgan fingerprint density at radius 2 is 2.15 bits per heavy atom. The zero-order chi connectivity index (χ0) is 17.7. The summed E-state index contributed by atoms with van der Waals surface area (Å²) in [5, 5.41) is 3.40. The lowest BCUT2D eigenvalue weighted by atomic mass is 10.1. The van der Waals surface area contributed by atoms with Crippen LogP contribution in [0.3, 0.4) is 0 Å². The first kappa shape index (κ1) is 15.2. The first-order valence-corrected chi connectivity index (χ1v) is 8.80. The third-order valence-corrected chi connectivity index (χ3v) is 5.01. The Kier molecular flexibility index (Phi) is 3.37. The van der Waals surface area contributed by atoms with Crippen molar-refractivity contribution in [3.8, 4) is 0 Å². The summed E-state index contributed by atoms with van der Waals surface area (Å²) in [5.41, 5.74) is 3.94. The fourth-order valence-corrected chi connectivity index (χ4v) is 3.80. The van der Waals surface area contributed by atoms with Gasteiger partial charge in [0, 0.05) is 12.1 Å². The number of anilines is 1. The van der Waals surface area contributed by atoms with Crippen LogP contribution in [0.5, 0.6) is 0 Å². The number of H-pyrrole nitrogens is 1. The number of nitrogens with one attached hydrogen (secondary N) is 2. The second-order valence-electron chi connectivity index (χ2n) is 6.66. The lowest BCUT2D eigenvalue weighted by Gasteiger charge is -2.16. The molecule has 1 unspecified atom stereocenters. The Labute approximate surface area is 148 Å². The standard InChI is InChI=1S/C18H18FN7/c1-10(24-17-14-16(21-8-20-14)22-9-23-17)18-25-13-6-5-12(19)11-4-2-3-7-26(18)15(11)13/h5-6,8-10H,2-4,7H2,1H3,(H2,20,21,22,23,24). The second-order valence-corrected chi connectivity index (χ2v) is 6.66. The highest BCUT2D eigenvalue weighted by molar-refractivity contribution is 5.83. The summed E-state index contributed by atoms with van der Waals surface area (Å²) in [6, 6.07) is 3.20. The van der Waals surface area contributed by atoms with Gasteiger partial charge in [-0.25, -0.2) is 24.3 Å². The number of aromatic nitrogens is 6. The number of hydrogen-bond donors (Lipinski definition) is 2. The molecule has 1 aromatic carbocycles. The highest BCUT2D eigenvalue weighted by Crippen LogP contribution is 2.31. The van der Waals surface area contributed by atoms with Gasteiger partial charge in [0.05, 0.1) is 23.4 Å². The fourth-order valence-electron chi connectivity index (χ4n) is 3.80. The van der Waals surface area contributed by atoms with Crippen molar-refractivity contribution >= 4 is 28.0 Å². The van der Waals surface area contributed by atoms with Crippen molar-refractivity contribution in [3.63, 3.8) is 0 Å². The molecule has 5 rings (SSSR count). The van der Waals surface area contributed by atoms with Crippen LogP contribution in [0.1, 0.15) is 37.2 Å². The minimum absolute atomic E-state index is 0.0992. The number of nitrogens with zero attached hydrogens (tertiary/aromatic N) is 5. The smallest absolute Gasteiger partial charge is 0.182 e. The van der Waals surface area contributed by atoms with Gasteiger partial charge in [-0.3, -0.25) is 0 Å². The SMILES string of the molecule is CC(Nc1ncnc2nc[nH]c12)c1nc2ccc(F)c3c2n1CCCC3. The van der Waals surface area contributed by atoms with Crippen molar-refractivity contribution in [3.05, 3.63) is 42.0 Å². The predicted octanol–water partition coefficient (Wildman–Crippen LogP) is 3.35. The van der Waals surface area contributed by atoms with Crippen molar-refractivity contribution in [1.82, 2.24) is 29.5 Å². The van der Waals surface area contributed by atoms with Gasteiger partial charge < -0.3 is 14.9 Å². The van der Waals surface area contributed by atoms with E-state index in [2.05, 4.69) is 29.8 Å². The summed E-state index contributed by atoms with van der Waals surface area (Å²) < 4.78 is 16.5. The molecule has 0 aliphatic carbocycles. The van der Waals surface area contributed by atoms with Gasteiger partial charge in [-0.05, 0) is 38.3 Å². The summed E-state index contributed by atoms with van der Waals surface area (Å²) in [5.74, 6) is 1.43. The highest BCUT2D eigenvalue weighted by atomic mass is 19.1. The lowest BCUT2D eigenvalue weighted by molar-refractivity contribution is 0.590. The van der Waals surface area contributed by atoms with Crippen LogP contribution in [-0.2, 0) is 13.0 Å². The third kappa shape index (κ3) is 2.25. The molecule has 7 nitrogen and oxygen atoms in total. The predicted molar refractivity (Wildman–Crippen MR) is 96.4 cm³/mol. The van der Waals surface area contributed by atoms with E-state index in [0.29, 0.717) is 11.5 Å². The number of halogens is 1. The van der Waals surface area contributed by atoms with Crippen molar-refractivity contribution in [2.24, 2.45) is 0 Å². The zero-order valence-electron chi connectivity index (χ0n) is 14.3. The van der Waals surface area contributed by atoms with Crippen LogP contribution in [0.25, 0.3) is 22.2 Å². The average molecular weight is 351 g/mol. The molecule has 2 N–H and O–H groups in total. The normalized spacial score (nSPS) is 15.3. The lowest BCUT2D eigenvalue weighted by Crippen LogP contribution is -2.15. The molecule has 8 heteroatoms. The van der Waals surface area contributed by atoms with Crippen LogP contribution < -0.4 is 5.32 Å². The Balaban J connectivity index is 1.60. The Morgan fingerprint density at radius 3 is 3.08 bits per heavy atom. The summed E-state index contributed by atoms with van der Waals surface area (Å²) in [4.78, 5) is 20.5. The maximum absolute atomic E-state index is 14.3. The topological polar surface area (TPSA) is 84.3 Å². The molecule has 0 bridgehead atoms. The van der Waals surface area contributed by atoms with E-state index in [4.69, 9.17) is 4.98 Å². The van der Waals surface area contributed by atoms with Gasteiger partial charge in [0.25, 0.3) is 0 Å². The van der Waals surface area contributed by atoms with Gasteiger partial charge in [-0.2, -0.15) is 0 Å². The first-order valence-electron chi connectivity index (χ1n) is 8.80. The molecule has 3 aromatic heterocycles. The molecule has 1 aliphatic heterocycles.